The zero-order valence-electron chi connectivity index (χ0n) is 23.0. The highest BCUT2D eigenvalue weighted by molar-refractivity contribution is 7.90. The summed E-state index contributed by atoms with van der Waals surface area (Å²) in [5, 5.41) is 0. The van der Waals surface area contributed by atoms with Crippen LogP contribution in [0.3, 0.4) is 0 Å². The molecule has 3 aromatic rings. The maximum absolute atomic E-state index is 13.7. The molecule has 39 heavy (non-hydrogen) atoms. The third-order valence-corrected chi connectivity index (χ3v) is 9.44. The van der Waals surface area contributed by atoms with E-state index in [0.29, 0.717) is 44.9 Å². The molecule has 0 aliphatic heterocycles. The number of aromatic nitrogens is 1. The first kappa shape index (κ1) is 30.6. The highest BCUT2D eigenvalue weighted by Crippen LogP contribution is 2.33. The van der Waals surface area contributed by atoms with Crippen molar-refractivity contribution in [1.82, 2.24) is 9.29 Å². The topological polar surface area (TPSA) is 118 Å². The van der Waals surface area contributed by atoms with Gasteiger partial charge >= 0.3 is 0 Å². The molecule has 2 atom stereocenters. The number of rotatable bonds is 13. The van der Waals surface area contributed by atoms with E-state index in [1.54, 1.807) is 69.7 Å². The van der Waals surface area contributed by atoms with E-state index in [0.717, 1.165) is 12.8 Å². The number of nitrogens with one attached hydrogen (secondary N) is 1. The fourth-order valence-electron chi connectivity index (χ4n) is 4.18. The molecule has 1 aromatic heterocycles. The molecular weight excluding hydrogens is 536 g/mol. The number of hydrogen-bond acceptors (Lipinski definition) is 7. The Morgan fingerprint density at radius 1 is 1.10 bits per heavy atom. The average molecular weight is 573 g/mol. The number of aryl methyl sites for hydroxylation is 1. The number of ether oxygens (including phenoxy) is 1. The molecule has 0 saturated carbocycles. The Labute approximate surface area is 233 Å². The smallest absolute Gasteiger partial charge is 0.250 e. The van der Waals surface area contributed by atoms with Crippen molar-refractivity contribution in [2.75, 3.05) is 18.6 Å². The second kappa shape index (κ2) is 13.4. The van der Waals surface area contributed by atoms with E-state index < -0.39 is 27.2 Å². The predicted molar refractivity (Wildman–Crippen MR) is 156 cm³/mol. The van der Waals surface area contributed by atoms with Crippen LogP contribution in [0.5, 0.6) is 5.75 Å². The van der Waals surface area contributed by atoms with Crippen LogP contribution in [-0.2, 0) is 34.0 Å². The van der Waals surface area contributed by atoms with Crippen molar-refractivity contribution in [3.8, 4) is 16.9 Å². The normalized spacial score (nSPS) is 13.2. The largest absolute Gasteiger partial charge is 0.598 e. The first-order chi connectivity index (χ1) is 18.5. The molecule has 10 heteroatoms. The van der Waals surface area contributed by atoms with Gasteiger partial charge in [-0.05, 0) is 60.4 Å². The summed E-state index contributed by atoms with van der Waals surface area (Å²) < 4.78 is 47.2. The Morgan fingerprint density at radius 3 is 2.41 bits per heavy atom. The Morgan fingerprint density at radius 2 is 1.79 bits per heavy atom. The molecule has 0 saturated heterocycles. The molecule has 0 bridgehead atoms. The molecule has 2 aromatic carbocycles. The van der Waals surface area contributed by atoms with Crippen LogP contribution in [0.25, 0.3) is 11.1 Å². The zero-order valence-corrected chi connectivity index (χ0v) is 24.7. The van der Waals surface area contributed by atoms with Crippen molar-refractivity contribution in [3.05, 3.63) is 87.3 Å². The van der Waals surface area contributed by atoms with Crippen molar-refractivity contribution < 1.29 is 22.5 Å². The maximum Gasteiger partial charge on any atom is 0.250 e. The van der Waals surface area contributed by atoms with E-state index in [1.165, 1.54) is 10.6 Å². The lowest BCUT2D eigenvalue weighted by atomic mass is 9.89. The van der Waals surface area contributed by atoms with Crippen LogP contribution in [0, 0.1) is 0 Å². The fraction of sp³-hybridized carbons (Fsp3) is 0.379. The molecule has 0 radical (unpaired) electrons. The van der Waals surface area contributed by atoms with Gasteiger partial charge in [0.2, 0.25) is 0 Å². The predicted octanol–water partition coefficient (Wildman–Crippen LogP) is 4.34. The summed E-state index contributed by atoms with van der Waals surface area (Å²) in [6.45, 7) is 5.43. The van der Waals surface area contributed by atoms with Gasteiger partial charge < -0.3 is 13.9 Å². The minimum Gasteiger partial charge on any atom is -0.598 e. The molecule has 3 rings (SSSR count). The summed E-state index contributed by atoms with van der Waals surface area (Å²) in [4.78, 5) is 26.4. The molecular formula is C29H36N2O6S2. The SMILES string of the molecule is CCCC[S@+]([O-])N[C@@H](C)c1cc(=O)n(C)cc1-c1cc(CS(=O)(=O)CC)ccc1C(=O)c1ccc(OC)cc1. The van der Waals surface area contributed by atoms with E-state index >= 15 is 0 Å². The van der Waals surface area contributed by atoms with E-state index in [-0.39, 0.29) is 22.8 Å². The van der Waals surface area contributed by atoms with Gasteiger partial charge in [-0.1, -0.05) is 32.4 Å². The average Bonchev–Trinajstić information content (AvgIpc) is 2.92. The molecule has 1 N–H and O–H groups in total. The van der Waals surface area contributed by atoms with Gasteiger partial charge in [-0.3, -0.25) is 9.59 Å². The van der Waals surface area contributed by atoms with E-state index in [1.807, 2.05) is 13.8 Å². The number of methoxy groups -OCH3 is 1. The standard InChI is InChI=1S/C29H36N2O6S2/c1-6-8-15-38(34)30-20(3)25-17-28(32)31(4)18-27(25)26-16-21(19-39(35,36)7-2)9-14-24(26)29(33)22-10-12-23(37-5)13-11-22/h9-14,16-18,20,30H,6-8,15,19H2,1-5H3/t20-,38-/m0/s1. The van der Waals surface area contributed by atoms with Crippen LogP contribution in [0.1, 0.15) is 66.7 Å². The van der Waals surface area contributed by atoms with Gasteiger partial charge in [0.05, 0.1) is 18.9 Å². The Balaban J connectivity index is 2.20. The van der Waals surface area contributed by atoms with Crippen molar-refractivity contribution in [3.63, 3.8) is 0 Å². The molecule has 0 spiro atoms. The number of nitrogens with zero attached hydrogens (tertiary/aromatic N) is 1. The number of ketones is 1. The van der Waals surface area contributed by atoms with Gasteiger partial charge in [-0.25, -0.2) is 8.42 Å². The lowest BCUT2D eigenvalue weighted by molar-refractivity contribution is 0.103. The maximum atomic E-state index is 13.7. The molecule has 0 unspecified atom stereocenters. The molecule has 0 fully saturated rings. The summed E-state index contributed by atoms with van der Waals surface area (Å²) in [7, 11) is -0.177. The first-order valence-corrected chi connectivity index (χ1v) is 16.0. The van der Waals surface area contributed by atoms with Crippen molar-refractivity contribution in [2.24, 2.45) is 7.05 Å². The van der Waals surface area contributed by atoms with Gasteiger partial charge in [-0.2, -0.15) is 0 Å². The van der Waals surface area contributed by atoms with E-state index in [9.17, 15) is 22.6 Å². The molecule has 0 amide bonds. The molecule has 1 heterocycles. The number of carbonyl (C=O) groups excluding carboxylic acids is 1. The lowest BCUT2D eigenvalue weighted by Gasteiger charge is -2.21. The molecule has 0 aliphatic rings. The summed E-state index contributed by atoms with van der Waals surface area (Å²) in [6.07, 6.45) is 3.34. The van der Waals surface area contributed by atoms with Gasteiger partial charge in [0, 0.05) is 53.1 Å². The van der Waals surface area contributed by atoms with Gasteiger partial charge in [0.25, 0.3) is 5.56 Å². The highest BCUT2D eigenvalue weighted by Gasteiger charge is 2.24. The number of hydrogen-bond donors (Lipinski definition) is 1. The van der Waals surface area contributed by atoms with Gasteiger partial charge in [-0.15, -0.1) is 4.72 Å². The molecule has 0 aliphatic carbocycles. The van der Waals surface area contributed by atoms with E-state index in [4.69, 9.17) is 4.74 Å². The zero-order chi connectivity index (χ0) is 28.7. The summed E-state index contributed by atoms with van der Waals surface area (Å²) in [5.41, 5.74) is 2.72. The minimum atomic E-state index is -3.34. The number of sulfone groups is 1. The highest BCUT2D eigenvalue weighted by atomic mass is 32.2. The van der Waals surface area contributed by atoms with Crippen LogP contribution >= 0.6 is 0 Å². The van der Waals surface area contributed by atoms with Crippen LogP contribution in [0.2, 0.25) is 0 Å². The van der Waals surface area contributed by atoms with Crippen molar-refractivity contribution in [1.29, 1.82) is 0 Å². The van der Waals surface area contributed by atoms with Gasteiger partial charge in [0.15, 0.2) is 15.6 Å². The van der Waals surface area contributed by atoms with Crippen LogP contribution in [0.4, 0.5) is 0 Å². The number of pyridine rings is 1. The first-order valence-electron chi connectivity index (χ1n) is 12.9. The Bertz CT molecular complexity index is 1470. The molecule has 8 nitrogen and oxygen atoms in total. The Kier molecular flexibility index (Phi) is 10.5. The number of carbonyl (C=O) groups is 1. The van der Waals surface area contributed by atoms with Crippen LogP contribution < -0.4 is 15.0 Å². The summed E-state index contributed by atoms with van der Waals surface area (Å²) in [5.74, 6) is 0.647. The third-order valence-electron chi connectivity index (χ3n) is 6.52. The Hall–Kier alpha value is -2.92. The third kappa shape index (κ3) is 7.82. The quantitative estimate of drug-likeness (QED) is 0.239. The number of benzene rings is 2. The summed E-state index contributed by atoms with van der Waals surface area (Å²) in [6, 6.07) is 12.7. The lowest BCUT2D eigenvalue weighted by Crippen LogP contribution is -2.30. The van der Waals surface area contributed by atoms with E-state index in [2.05, 4.69) is 4.72 Å². The van der Waals surface area contributed by atoms with Crippen LogP contribution in [0.15, 0.2) is 59.5 Å². The van der Waals surface area contributed by atoms with Crippen LogP contribution in [-0.4, -0.2) is 41.9 Å². The minimum absolute atomic E-state index is 0.00944. The van der Waals surface area contributed by atoms with Gasteiger partial charge in [0.1, 0.15) is 11.5 Å². The number of unbranched alkanes of at least 4 members (excludes halogenated alkanes) is 1. The summed E-state index contributed by atoms with van der Waals surface area (Å²) >= 11 is -1.31. The van der Waals surface area contributed by atoms with Crippen molar-refractivity contribution in [2.45, 2.75) is 45.4 Å². The van der Waals surface area contributed by atoms with Crippen molar-refractivity contribution >= 4 is 27.0 Å². The monoisotopic (exact) mass is 572 g/mol. The second-order valence-corrected chi connectivity index (χ2v) is 13.1. The molecule has 210 valence electrons. The second-order valence-electron chi connectivity index (χ2n) is 9.45. The fourth-order valence-corrected chi connectivity index (χ4v) is 6.26.